The lowest BCUT2D eigenvalue weighted by Crippen LogP contribution is -2.35. The van der Waals surface area contributed by atoms with Crippen LogP contribution in [0.15, 0.2) is 60.2 Å². The van der Waals surface area contributed by atoms with Crippen LogP contribution in [-0.2, 0) is 10.9 Å². The summed E-state index contributed by atoms with van der Waals surface area (Å²) >= 11 is 0. The number of halogens is 4. The molecule has 2 atom stereocenters. The van der Waals surface area contributed by atoms with Crippen LogP contribution in [0.1, 0.15) is 84.3 Å². The molecule has 5 rings (SSSR count). The van der Waals surface area contributed by atoms with Crippen molar-refractivity contribution in [2.24, 2.45) is 5.41 Å². The van der Waals surface area contributed by atoms with Gasteiger partial charge in [0.2, 0.25) is 0 Å². The summed E-state index contributed by atoms with van der Waals surface area (Å²) in [6.07, 6.45) is -3.75. The second-order valence-corrected chi connectivity index (χ2v) is 12.8. The molecule has 0 aromatic heterocycles. The highest BCUT2D eigenvalue weighted by molar-refractivity contribution is 5.89. The maximum absolute atomic E-state index is 15.2. The Morgan fingerprint density at radius 3 is 2.43 bits per heavy atom. The van der Waals surface area contributed by atoms with Gasteiger partial charge in [-0.15, -0.1) is 0 Å². The van der Waals surface area contributed by atoms with Crippen LogP contribution < -0.4 is 0 Å². The van der Waals surface area contributed by atoms with Crippen LogP contribution >= 0.6 is 0 Å². The highest BCUT2D eigenvalue weighted by Crippen LogP contribution is 2.45. The molecule has 1 fully saturated rings. The first-order valence-electron chi connectivity index (χ1n) is 14.6. The Morgan fingerprint density at radius 1 is 1.05 bits per heavy atom. The second kappa shape index (κ2) is 11.4. The second-order valence-electron chi connectivity index (χ2n) is 12.8. The number of carboxylic acid groups (broad SMARTS) is 1. The zero-order valence-electron chi connectivity index (χ0n) is 25.3. The molecule has 0 unspecified atom stereocenters. The van der Waals surface area contributed by atoms with E-state index in [0.717, 1.165) is 35.3 Å². The largest absolute Gasteiger partial charge is 0.478 e. The SMILES string of the molecule is Cc1cc([C@H]2OC(=O)N(CC3=C(c4ccc(F)c(-c5ccc(C(=O)O)cc5C)c4)CCC(C)(C)C3)[C@H]2C)cc(C(F)(F)F)c1. The van der Waals surface area contributed by atoms with Crippen molar-refractivity contribution in [2.45, 2.75) is 72.2 Å². The number of carboxylic acids is 1. The number of alkyl halides is 3. The number of carbonyl (C=O) groups is 2. The normalized spacial score (nSPS) is 20.2. The van der Waals surface area contributed by atoms with Crippen molar-refractivity contribution in [3.05, 3.63) is 99.4 Å². The molecule has 0 bridgehead atoms. The number of carbonyl (C=O) groups excluding carboxylic acids is 1. The van der Waals surface area contributed by atoms with Crippen LogP contribution in [0.5, 0.6) is 0 Å². The van der Waals surface area contributed by atoms with Crippen molar-refractivity contribution in [1.29, 1.82) is 0 Å². The number of benzene rings is 3. The van der Waals surface area contributed by atoms with Gasteiger partial charge >= 0.3 is 18.2 Å². The van der Waals surface area contributed by atoms with Crippen molar-refractivity contribution in [3.63, 3.8) is 0 Å². The van der Waals surface area contributed by atoms with E-state index in [1.165, 1.54) is 18.2 Å². The van der Waals surface area contributed by atoms with E-state index in [4.69, 9.17) is 4.74 Å². The van der Waals surface area contributed by atoms with Gasteiger partial charge in [-0.25, -0.2) is 14.0 Å². The van der Waals surface area contributed by atoms with Crippen LogP contribution in [0.3, 0.4) is 0 Å². The lowest BCUT2D eigenvalue weighted by molar-refractivity contribution is -0.137. The van der Waals surface area contributed by atoms with E-state index in [1.807, 2.05) is 0 Å². The zero-order chi connectivity index (χ0) is 32.1. The molecule has 1 aliphatic heterocycles. The molecule has 2 aliphatic rings. The van der Waals surface area contributed by atoms with Gasteiger partial charge in [-0.2, -0.15) is 13.2 Å². The maximum Gasteiger partial charge on any atom is 0.416 e. The summed E-state index contributed by atoms with van der Waals surface area (Å²) in [5.41, 5.74) is 4.34. The van der Waals surface area contributed by atoms with Crippen molar-refractivity contribution < 1.29 is 37.0 Å². The fourth-order valence-corrected chi connectivity index (χ4v) is 6.44. The maximum atomic E-state index is 15.2. The number of hydrogen-bond donors (Lipinski definition) is 1. The quantitative estimate of drug-likeness (QED) is 0.283. The molecular formula is C35H35F4NO4. The minimum absolute atomic E-state index is 0.0602. The van der Waals surface area contributed by atoms with E-state index in [9.17, 15) is 27.9 Å². The number of amides is 1. The predicted molar refractivity (Wildman–Crippen MR) is 160 cm³/mol. The fourth-order valence-electron chi connectivity index (χ4n) is 6.44. The minimum atomic E-state index is -4.52. The Hall–Kier alpha value is -4.14. The molecule has 9 heteroatoms. The summed E-state index contributed by atoms with van der Waals surface area (Å²) in [6, 6.07) is 12.7. The monoisotopic (exact) mass is 609 g/mol. The summed E-state index contributed by atoms with van der Waals surface area (Å²) in [5.74, 6) is -1.50. The molecule has 3 aromatic rings. The number of aryl methyl sites for hydroxylation is 2. The standard InChI is InChI=1S/C35H35F4NO4/c1-19-12-24(15-26(13-19)35(37,38)39)31-21(3)40(33(43)44-31)18-25-17-34(4,5)11-10-28(25)22-7-9-30(36)29(16-22)27-8-6-23(32(41)42)14-20(27)2/h6-9,12-16,21,31H,10-11,17-18H2,1-5H3,(H,41,42)/t21-,31-/m0/s1. The molecule has 1 N–H and O–H groups in total. The molecule has 1 heterocycles. The summed E-state index contributed by atoms with van der Waals surface area (Å²) < 4.78 is 61.4. The molecule has 1 aliphatic carbocycles. The summed E-state index contributed by atoms with van der Waals surface area (Å²) in [6.45, 7) is 9.62. The van der Waals surface area contributed by atoms with Gasteiger partial charge in [0.05, 0.1) is 17.2 Å². The van der Waals surface area contributed by atoms with Crippen LogP contribution in [0, 0.1) is 25.1 Å². The molecule has 1 saturated heterocycles. The predicted octanol–water partition coefficient (Wildman–Crippen LogP) is 9.37. The van der Waals surface area contributed by atoms with E-state index in [2.05, 4.69) is 13.8 Å². The molecular weight excluding hydrogens is 574 g/mol. The molecule has 44 heavy (non-hydrogen) atoms. The van der Waals surface area contributed by atoms with Crippen LogP contribution in [-0.4, -0.2) is 34.7 Å². The third-order valence-electron chi connectivity index (χ3n) is 8.76. The van der Waals surface area contributed by atoms with Crippen LogP contribution in [0.2, 0.25) is 0 Å². The van der Waals surface area contributed by atoms with E-state index < -0.39 is 41.8 Å². The Kier molecular flexibility index (Phi) is 8.12. The first-order valence-corrected chi connectivity index (χ1v) is 14.6. The van der Waals surface area contributed by atoms with Crippen molar-refractivity contribution in [2.75, 3.05) is 6.54 Å². The number of aromatic carboxylic acids is 1. The van der Waals surface area contributed by atoms with Gasteiger partial charge in [-0.05, 0) is 115 Å². The fraction of sp³-hybridized carbons (Fsp3) is 0.371. The Labute approximate surface area is 254 Å². The third-order valence-corrected chi connectivity index (χ3v) is 8.76. The van der Waals surface area contributed by atoms with Crippen molar-refractivity contribution in [3.8, 4) is 11.1 Å². The number of cyclic esters (lactones) is 1. The molecule has 3 aromatic carbocycles. The van der Waals surface area contributed by atoms with E-state index >= 15 is 4.39 Å². The number of hydrogen-bond acceptors (Lipinski definition) is 3. The summed E-state index contributed by atoms with van der Waals surface area (Å²) in [5, 5.41) is 9.34. The number of ether oxygens (including phenoxy) is 1. The van der Waals surface area contributed by atoms with E-state index in [0.29, 0.717) is 40.7 Å². The molecule has 0 radical (unpaired) electrons. The average Bonchev–Trinajstić information content (AvgIpc) is 3.21. The average molecular weight is 610 g/mol. The van der Waals surface area contributed by atoms with E-state index in [-0.39, 0.29) is 17.5 Å². The molecule has 0 spiro atoms. The van der Waals surface area contributed by atoms with Gasteiger partial charge in [-0.1, -0.05) is 37.6 Å². The van der Waals surface area contributed by atoms with E-state index in [1.54, 1.807) is 49.9 Å². The highest BCUT2D eigenvalue weighted by atomic mass is 19.4. The van der Waals surface area contributed by atoms with Crippen LogP contribution in [0.25, 0.3) is 16.7 Å². The third kappa shape index (κ3) is 6.23. The summed E-state index contributed by atoms with van der Waals surface area (Å²) in [4.78, 5) is 26.2. The lowest BCUT2D eigenvalue weighted by Gasteiger charge is -2.35. The zero-order valence-corrected chi connectivity index (χ0v) is 25.3. The van der Waals surface area contributed by atoms with Gasteiger partial charge in [0.25, 0.3) is 0 Å². The summed E-state index contributed by atoms with van der Waals surface area (Å²) in [7, 11) is 0. The smallest absolute Gasteiger partial charge is 0.416 e. The van der Waals surface area contributed by atoms with Crippen molar-refractivity contribution in [1.82, 2.24) is 4.90 Å². The number of allylic oxidation sites excluding steroid dienone is 1. The highest BCUT2D eigenvalue weighted by Gasteiger charge is 2.42. The van der Waals surface area contributed by atoms with Gasteiger partial charge in [0, 0.05) is 12.1 Å². The van der Waals surface area contributed by atoms with Crippen LogP contribution in [0.4, 0.5) is 22.4 Å². The van der Waals surface area contributed by atoms with Gasteiger partial charge in [-0.3, -0.25) is 4.90 Å². The molecule has 1 amide bonds. The molecule has 0 saturated carbocycles. The Bertz CT molecular complexity index is 1670. The first-order chi connectivity index (χ1) is 20.5. The molecule has 5 nitrogen and oxygen atoms in total. The van der Waals surface area contributed by atoms with Gasteiger partial charge in [0.1, 0.15) is 11.9 Å². The lowest BCUT2D eigenvalue weighted by atomic mass is 9.72. The first kappa shape index (κ1) is 31.3. The topological polar surface area (TPSA) is 66.8 Å². The number of rotatable bonds is 6. The van der Waals surface area contributed by atoms with Crippen molar-refractivity contribution >= 4 is 17.6 Å². The van der Waals surface area contributed by atoms with Gasteiger partial charge in [0.15, 0.2) is 0 Å². The number of nitrogens with zero attached hydrogens (tertiary/aromatic N) is 1. The Morgan fingerprint density at radius 2 is 1.77 bits per heavy atom. The molecule has 232 valence electrons. The van der Waals surface area contributed by atoms with Gasteiger partial charge < -0.3 is 9.84 Å². The Balaban J connectivity index is 1.51. The minimum Gasteiger partial charge on any atom is -0.478 e.